The summed E-state index contributed by atoms with van der Waals surface area (Å²) in [4.78, 5) is 22.8. The van der Waals surface area contributed by atoms with E-state index in [-0.39, 0.29) is 25.2 Å². The first-order valence-electron chi connectivity index (χ1n) is 10.1. The minimum atomic E-state index is -0.948. The predicted octanol–water partition coefficient (Wildman–Crippen LogP) is 3.14. The van der Waals surface area contributed by atoms with Gasteiger partial charge in [-0.15, -0.1) is 0 Å². The highest BCUT2D eigenvalue weighted by Gasteiger charge is 2.03. The minimum absolute atomic E-state index is 0.0632. The molecule has 6 N–H and O–H groups in total. The molecule has 0 aliphatic heterocycles. The highest BCUT2D eigenvalue weighted by atomic mass is 16.5. The molecule has 1 heterocycles. The largest absolute Gasteiger partial charge is 0.497 e. The van der Waals surface area contributed by atoms with Gasteiger partial charge in [0.2, 0.25) is 5.96 Å². The fourth-order valence-electron chi connectivity index (χ4n) is 2.54. The molecule has 0 saturated heterocycles. The summed E-state index contributed by atoms with van der Waals surface area (Å²) >= 11 is 0. The summed E-state index contributed by atoms with van der Waals surface area (Å²) in [5.41, 5.74) is 4.66. The topological polar surface area (TPSA) is 160 Å². The number of nitrogens with one attached hydrogen (secondary N) is 4. The maximum atomic E-state index is 9.79. The quantitative estimate of drug-likeness (QED) is 0.137. The normalized spacial score (nSPS) is 10.4. The summed E-state index contributed by atoms with van der Waals surface area (Å²) in [7, 11) is 1.65. The molecule has 2 rings (SSSR count). The Balaban J connectivity index is 0.000000452. The molecule has 0 spiro atoms. The van der Waals surface area contributed by atoms with E-state index >= 15 is 0 Å². The van der Waals surface area contributed by atoms with Crippen LogP contribution < -0.4 is 15.5 Å². The van der Waals surface area contributed by atoms with Crippen molar-refractivity contribution in [1.29, 1.82) is 5.41 Å². The fourth-order valence-corrected chi connectivity index (χ4v) is 2.54. The van der Waals surface area contributed by atoms with Crippen LogP contribution in [0, 0.1) is 5.41 Å². The number of ether oxygens (including phenoxy) is 1. The Kier molecular flexibility index (Phi) is 11.9. The van der Waals surface area contributed by atoms with Crippen molar-refractivity contribution in [2.45, 2.75) is 45.4 Å². The van der Waals surface area contributed by atoms with Gasteiger partial charge in [-0.25, -0.2) is 5.43 Å². The summed E-state index contributed by atoms with van der Waals surface area (Å²) in [5.74, 6) is -0.877. The molecule has 0 bridgehead atoms. The Morgan fingerprint density at radius 1 is 1.19 bits per heavy atom. The number of aromatic amines is 1. The number of H-pyrrole nitrogens is 1. The van der Waals surface area contributed by atoms with Crippen molar-refractivity contribution in [3.63, 3.8) is 0 Å². The number of methoxy groups -OCH3 is 1. The average Bonchev–Trinajstić information content (AvgIpc) is 3.13. The SMILES string of the molecule is CCCCCNC(=N)N/N=C/c1c[nH]c2ccc(OC)cc12.O=C(O)CCCC(=O)O. The standard InChI is InChI=1S/C16H23N5O.C5H8O4/c1-3-4-5-8-18-16(17)21-20-11-12-10-19-15-7-6-13(22-2)9-14(12)15;6-4(7)2-1-3-5(8)9/h6-7,9-11,19H,3-5,8H2,1-2H3,(H3,17,18,21);1-3H2,(H,6,7)(H,8,9)/b20-11+;. The maximum absolute atomic E-state index is 9.79. The zero-order valence-corrected chi connectivity index (χ0v) is 17.9. The molecule has 0 unspecified atom stereocenters. The Morgan fingerprint density at radius 3 is 2.52 bits per heavy atom. The molecule has 0 aliphatic carbocycles. The molecular formula is C21H31N5O5. The summed E-state index contributed by atoms with van der Waals surface area (Å²) in [6.45, 7) is 2.95. The molecule has 0 saturated carbocycles. The van der Waals surface area contributed by atoms with Crippen molar-refractivity contribution >= 4 is 35.0 Å². The number of hydrogen-bond donors (Lipinski definition) is 6. The van der Waals surface area contributed by atoms with E-state index in [9.17, 15) is 9.59 Å². The molecule has 10 heteroatoms. The monoisotopic (exact) mass is 433 g/mol. The van der Waals surface area contributed by atoms with E-state index in [1.54, 1.807) is 13.3 Å². The van der Waals surface area contributed by atoms with Crippen LogP contribution in [0.5, 0.6) is 5.75 Å². The number of carboxylic acids is 2. The van der Waals surface area contributed by atoms with Gasteiger partial charge < -0.3 is 25.3 Å². The van der Waals surface area contributed by atoms with Crippen LogP contribution in [-0.2, 0) is 9.59 Å². The predicted molar refractivity (Wildman–Crippen MR) is 120 cm³/mol. The third-order valence-corrected chi connectivity index (χ3v) is 4.16. The van der Waals surface area contributed by atoms with E-state index in [2.05, 4.69) is 27.8 Å². The molecule has 1 aromatic heterocycles. The molecule has 0 atom stereocenters. The molecule has 0 fully saturated rings. The van der Waals surface area contributed by atoms with Crippen molar-refractivity contribution in [1.82, 2.24) is 15.7 Å². The molecular weight excluding hydrogens is 402 g/mol. The van der Waals surface area contributed by atoms with Crippen molar-refractivity contribution in [3.8, 4) is 5.75 Å². The van der Waals surface area contributed by atoms with Crippen LogP contribution in [0.2, 0.25) is 0 Å². The van der Waals surface area contributed by atoms with Crippen molar-refractivity contribution in [2.75, 3.05) is 13.7 Å². The number of aromatic nitrogens is 1. The molecule has 0 radical (unpaired) electrons. The van der Waals surface area contributed by atoms with Gasteiger partial charge >= 0.3 is 11.9 Å². The van der Waals surface area contributed by atoms with Crippen LogP contribution in [0.4, 0.5) is 0 Å². The lowest BCUT2D eigenvalue weighted by Crippen LogP contribution is -2.33. The number of unbranched alkanes of at least 4 members (excludes halogenated alkanes) is 2. The minimum Gasteiger partial charge on any atom is -0.497 e. The summed E-state index contributed by atoms with van der Waals surface area (Å²) < 4.78 is 5.24. The highest BCUT2D eigenvalue weighted by Crippen LogP contribution is 2.22. The van der Waals surface area contributed by atoms with Crippen LogP contribution in [-0.4, -0.2) is 53.0 Å². The molecule has 170 valence electrons. The lowest BCUT2D eigenvalue weighted by molar-refractivity contribution is -0.138. The van der Waals surface area contributed by atoms with Gasteiger partial charge in [0.15, 0.2) is 0 Å². The van der Waals surface area contributed by atoms with Crippen molar-refractivity contribution in [2.24, 2.45) is 5.10 Å². The lowest BCUT2D eigenvalue weighted by Gasteiger charge is -2.05. The Morgan fingerprint density at radius 2 is 1.90 bits per heavy atom. The summed E-state index contributed by atoms with van der Waals surface area (Å²) in [6, 6.07) is 5.84. The van der Waals surface area contributed by atoms with Gasteiger partial charge in [-0.3, -0.25) is 15.0 Å². The third kappa shape index (κ3) is 10.7. The van der Waals surface area contributed by atoms with E-state index in [0.29, 0.717) is 0 Å². The van der Waals surface area contributed by atoms with Gasteiger partial charge in [-0.1, -0.05) is 19.8 Å². The van der Waals surface area contributed by atoms with Crippen LogP contribution >= 0.6 is 0 Å². The van der Waals surface area contributed by atoms with Gasteiger partial charge in [-0.2, -0.15) is 5.10 Å². The second-order valence-electron chi connectivity index (χ2n) is 6.68. The highest BCUT2D eigenvalue weighted by molar-refractivity contribution is 5.99. The Bertz CT molecular complexity index is 864. The maximum Gasteiger partial charge on any atom is 0.303 e. The number of guanidine groups is 1. The van der Waals surface area contributed by atoms with E-state index < -0.39 is 11.9 Å². The number of rotatable bonds is 11. The number of fused-ring (bicyclic) bond motifs is 1. The third-order valence-electron chi connectivity index (χ3n) is 4.16. The number of carbonyl (C=O) groups is 2. The van der Waals surface area contributed by atoms with Gasteiger partial charge in [-0.05, 0) is 31.0 Å². The Hall–Kier alpha value is -3.56. The number of benzene rings is 1. The molecule has 0 aliphatic rings. The average molecular weight is 434 g/mol. The van der Waals surface area contributed by atoms with Crippen LogP contribution in [0.25, 0.3) is 10.9 Å². The zero-order valence-electron chi connectivity index (χ0n) is 17.9. The first-order valence-corrected chi connectivity index (χ1v) is 10.1. The Labute approximate surface area is 181 Å². The smallest absolute Gasteiger partial charge is 0.303 e. The number of nitrogens with zero attached hydrogens (tertiary/aromatic N) is 1. The number of aliphatic carboxylic acids is 2. The second kappa shape index (κ2) is 14.4. The number of hydrogen-bond acceptors (Lipinski definition) is 5. The van der Waals surface area contributed by atoms with Crippen molar-refractivity contribution in [3.05, 3.63) is 30.0 Å². The van der Waals surface area contributed by atoms with E-state index in [0.717, 1.165) is 35.2 Å². The molecule has 31 heavy (non-hydrogen) atoms. The van der Waals surface area contributed by atoms with Gasteiger partial charge in [0.05, 0.1) is 13.3 Å². The molecule has 10 nitrogen and oxygen atoms in total. The molecule has 0 amide bonds. The van der Waals surface area contributed by atoms with Crippen LogP contribution in [0.15, 0.2) is 29.5 Å². The van der Waals surface area contributed by atoms with E-state index in [4.69, 9.17) is 20.4 Å². The number of carboxylic acid groups (broad SMARTS) is 2. The molecule has 2 aromatic rings. The first kappa shape index (κ1) is 25.5. The van der Waals surface area contributed by atoms with E-state index in [1.807, 2.05) is 24.4 Å². The second-order valence-corrected chi connectivity index (χ2v) is 6.68. The van der Waals surface area contributed by atoms with Gasteiger partial charge in [0.1, 0.15) is 5.75 Å². The van der Waals surface area contributed by atoms with Gasteiger partial charge in [0, 0.05) is 42.0 Å². The zero-order chi connectivity index (χ0) is 23.1. The van der Waals surface area contributed by atoms with Crippen LogP contribution in [0.3, 0.4) is 0 Å². The van der Waals surface area contributed by atoms with Gasteiger partial charge in [0.25, 0.3) is 0 Å². The molecule has 1 aromatic carbocycles. The first-order chi connectivity index (χ1) is 14.9. The van der Waals surface area contributed by atoms with E-state index in [1.165, 1.54) is 12.8 Å². The number of hydrazone groups is 1. The fraction of sp³-hybridized carbons (Fsp3) is 0.429. The summed E-state index contributed by atoms with van der Waals surface area (Å²) in [6.07, 6.45) is 7.06. The van der Waals surface area contributed by atoms with Crippen molar-refractivity contribution < 1.29 is 24.5 Å². The lowest BCUT2D eigenvalue weighted by atomic mass is 10.2. The summed E-state index contributed by atoms with van der Waals surface area (Å²) in [5, 5.41) is 31.9. The van der Waals surface area contributed by atoms with Crippen LogP contribution in [0.1, 0.15) is 51.0 Å².